The lowest BCUT2D eigenvalue weighted by atomic mass is 10.0. The van der Waals surface area contributed by atoms with Crippen LogP contribution in [-0.4, -0.2) is 35.0 Å². The normalized spacial score (nSPS) is 14.8. The van der Waals surface area contributed by atoms with Gasteiger partial charge < -0.3 is 9.64 Å². The van der Waals surface area contributed by atoms with Crippen molar-refractivity contribution in [1.29, 1.82) is 0 Å². The number of amides is 1. The number of ether oxygens (including phenoxy) is 1. The highest BCUT2D eigenvalue weighted by molar-refractivity contribution is 6.07. The first-order chi connectivity index (χ1) is 14.1. The Morgan fingerprint density at radius 3 is 2.48 bits per heavy atom. The maximum atomic E-state index is 13.4. The van der Waals surface area contributed by atoms with Crippen LogP contribution in [0.4, 0.5) is 0 Å². The molecule has 150 valence electrons. The van der Waals surface area contributed by atoms with E-state index in [4.69, 9.17) is 9.72 Å². The maximum absolute atomic E-state index is 13.4. The minimum atomic E-state index is 0.106. The van der Waals surface area contributed by atoms with Gasteiger partial charge in [0.15, 0.2) is 0 Å². The largest absolute Gasteiger partial charge is 0.491 e. The average Bonchev–Trinajstić information content (AvgIpc) is 3.02. The standard InChI is InChI=1S/C25H28N2O2/c1-18(2)29-20-11-9-10-19(16-20)24-17-22(21-12-5-6-13-23(21)26-24)25(28)27-14-7-3-4-8-15-27/h5-6,9-13,16-18H,3-4,7-8,14-15H2,1-2H3. The molecule has 1 amide bonds. The summed E-state index contributed by atoms with van der Waals surface area (Å²) in [4.78, 5) is 20.3. The topological polar surface area (TPSA) is 42.4 Å². The van der Waals surface area contributed by atoms with Crippen LogP contribution in [0.15, 0.2) is 54.6 Å². The fraction of sp³-hybridized carbons (Fsp3) is 0.360. The van der Waals surface area contributed by atoms with Crippen LogP contribution in [0.3, 0.4) is 0 Å². The van der Waals surface area contributed by atoms with E-state index in [9.17, 15) is 4.79 Å². The first-order valence-electron chi connectivity index (χ1n) is 10.6. The number of para-hydroxylation sites is 1. The number of hydrogen-bond donors (Lipinski definition) is 0. The van der Waals surface area contributed by atoms with E-state index in [0.29, 0.717) is 0 Å². The SMILES string of the molecule is CC(C)Oc1cccc(-c2cc(C(=O)N3CCCCCC3)c3ccccc3n2)c1. The lowest BCUT2D eigenvalue weighted by molar-refractivity contribution is 0.0763. The van der Waals surface area contributed by atoms with E-state index in [1.165, 1.54) is 12.8 Å². The zero-order valence-corrected chi connectivity index (χ0v) is 17.2. The van der Waals surface area contributed by atoms with Gasteiger partial charge in [0.2, 0.25) is 0 Å². The molecule has 3 aromatic rings. The van der Waals surface area contributed by atoms with E-state index in [2.05, 4.69) is 0 Å². The van der Waals surface area contributed by atoms with Crippen molar-refractivity contribution in [3.63, 3.8) is 0 Å². The van der Waals surface area contributed by atoms with E-state index < -0.39 is 0 Å². The third-order valence-electron chi connectivity index (χ3n) is 5.34. The molecule has 0 aliphatic carbocycles. The molecule has 0 atom stereocenters. The van der Waals surface area contributed by atoms with Crippen LogP contribution in [-0.2, 0) is 0 Å². The zero-order chi connectivity index (χ0) is 20.2. The molecule has 2 aromatic carbocycles. The van der Waals surface area contributed by atoms with Crippen LogP contribution in [0.5, 0.6) is 5.75 Å². The Morgan fingerprint density at radius 2 is 1.72 bits per heavy atom. The smallest absolute Gasteiger partial charge is 0.254 e. The van der Waals surface area contributed by atoms with Crippen molar-refractivity contribution in [2.45, 2.75) is 45.6 Å². The number of carbonyl (C=O) groups is 1. The van der Waals surface area contributed by atoms with Gasteiger partial charge in [-0.1, -0.05) is 43.2 Å². The van der Waals surface area contributed by atoms with Crippen molar-refractivity contribution < 1.29 is 9.53 Å². The molecule has 29 heavy (non-hydrogen) atoms. The van der Waals surface area contributed by atoms with Gasteiger partial charge in [-0.25, -0.2) is 4.98 Å². The van der Waals surface area contributed by atoms with Crippen LogP contribution < -0.4 is 4.74 Å². The third kappa shape index (κ3) is 4.42. The number of rotatable bonds is 4. The molecule has 0 bridgehead atoms. The van der Waals surface area contributed by atoms with Crippen molar-refractivity contribution in [2.24, 2.45) is 0 Å². The number of carbonyl (C=O) groups excluding carboxylic acids is 1. The summed E-state index contributed by atoms with van der Waals surface area (Å²) >= 11 is 0. The summed E-state index contributed by atoms with van der Waals surface area (Å²) in [5, 5.41) is 0.917. The Morgan fingerprint density at radius 1 is 0.966 bits per heavy atom. The van der Waals surface area contributed by atoms with Crippen LogP contribution in [0.1, 0.15) is 49.9 Å². The summed E-state index contributed by atoms with van der Waals surface area (Å²) in [6, 6.07) is 17.8. The van der Waals surface area contributed by atoms with Gasteiger partial charge >= 0.3 is 0 Å². The van der Waals surface area contributed by atoms with Gasteiger partial charge in [0.25, 0.3) is 5.91 Å². The lowest BCUT2D eigenvalue weighted by Gasteiger charge is -2.21. The second-order valence-corrected chi connectivity index (χ2v) is 7.97. The number of aromatic nitrogens is 1. The Balaban J connectivity index is 1.78. The summed E-state index contributed by atoms with van der Waals surface area (Å²) in [5.74, 6) is 0.925. The van der Waals surface area contributed by atoms with E-state index in [0.717, 1.165) is 59.4 Å². The Labute approximate surface area is 172 Å². The fourth-order valence-electron chi connectivity index (χ4n) is 3.95. The van der Waals surface area contributed by atoms with Gasteiger partial charge in [0.1, 0.15) is 5.75 Å². The zero-order valence-electron chi connectivity index (χ0n) is 17.2. The number of likely N-dealkylation sites (tertiary alicyclic amines) is 1. The number of hydrogen-bond acceptors (Lipinski definition) is 3. The molecule has 1 aromatic heterocycles. The van der Waals surface area contributed by atoms with Gasteiger partial charge in [-0.2, -0.15) is 0 Å². The fourth-order valence-corrected chi connectivity index (χ4v) is 3.95. The summed E-state index contributed by atoms with van der Waals surface area (Å²) in [7, 11) is 0. The number of nitrogens with zero attached hydrogens (tertiary/aromatic N) is 2. The molecule has 4 nitrogen and oxygen atoms in total. The first kappa shape index (κ1) is 19.4. The van der Waals surface area contributed by atoms with Crippen molar-refractivity contribution in [2.75, 3.05) is 13.1 Å². The van der Waals surface area contributed by atoms with E-state index >= 15 is 0 Å². The van der Waals surface area contributed by atoms with Crippen LogP contribution in [0.2, 0.25) is 0 Å². The first-order valence-corrected chi connectivity index (χ1v) is 10.6. The monoisotopic (exact) mass is 388 g/mol. The minimum absolute atomic E-state index is 0.106. The molecule has 0 N–H and O–H groups in total. The molecule has 4 rings (SSSR count). The molecule has 1 aliphatic heterocycles. The number of benzene rings is 2. The summed E-state index contributed by atoms with van der Waals surface area (Å²) in [5.41, 5.74) is 3.34. The molecule has 0 spiro atoms. The lowest BCUT2D eigenvalue weighted by Crippen LogP contribution is -2.32. The van der Waals surface area contributed by atoms with Crippen LogP contribution >= 0.6 is 0 Å². The molecule has 0 radical (unpaired) electrons. The summed E-state index contributed by atoms with van der Waals surface area (Å²) in [6.07, 6.45) is 4.67. The highest BCUT2D eigenvalue weighted by Gasteiger charge is 2.21. The van der Waals surface area contributed by atoms with E-state index in [1.54, 1.807) is 0 Å². The molecular formula is C25H28N2O2. The maximum Gasteiger partial charge on any atom is 0.254 e. The molecule has 4 heteroatoms. The molecular weight excluding hydrogens is 360 g/mol. The Hall–Kier alpha value is -2.88. The molecule has 2 heterocycles. The second kappa shape index (κ2) is 8.64. The second-order valence-electron chi connectivity index (χ2n) is 7.97. The van der Waals surface area contributed by atoms with E-state index in [1.807, 2.05) is 73.3 Å². The molecule has 1 saturated heterocycles. The van der Waals surface area contributed by atoms with E-state index in [-0.39, 0.29) is 12.0 Å². The van der Waals surface area contributed by atoms with Gasteiger partial charge in [0.05, 0.1) is 22.9 Å². The minimum Gasteiger partial charge on any atom is -0.491 e. The highest BCUT2D eigenvalue weighted by Crippen LogP contribution is 2.28. The van der Waals surface area contributed by atoms with Gasteiger partial charge in [-0.3, -0.25) is 4.79 Å². The predicted molar refractivity (Wildman–Crippen MR) is 117 cm³/mol. The summed E-state index contributed by atoms with van der Waals surface area (Å²) in [6.45, 7) is 5.70. The Bertz CT molecular complexity index is 1000. The van der Waals surface area contributed by atoms with Gasteiger partial charge in [-0.05, 0) is 51.0 Å². The van der Waals surface area contributed by atoms with Crippen LogP contribution in [0.25, 0.3) is 22.2 Å². The number of fused-ring (bicyclic) bond motifs is 1. The summed E-state index contributed by atoms with van der Waals surface area (Å²) < 4.78 is 5.85. The number of pyridine rings is 1. The van der Waals surface area contributed by atoms with Gasteiger partial charge in [-0.15, -0.1) is 0 Å². The quantitative estimate of drug-likeness (QED) is 0.575. The van der Waals surface area contributed by atoms with Crippen molar-refractivity contribution in [1.82, 2.24) is 9.88 Å². The Kier molecular flexibility index (Phi) is 5.79. The molecule has 1 aliphatic rings. The molecule has 1 fully saturated rings. The molecule has 0 unspecified atom stereocenters. The predicted octanol–water partition coefficient (Wildman–Crippen LogP) is 5.71. The van der Waals surface area contributed by atoms with Gasteiger partial charge in [0, 0.05) is 24.0 Å². The van der Waals surface area contributed by atoms with Crippen molar-refractivity contribution in [3.8, 4) is 17.0 Å². The molecule has 0 saturated carbocycles. The highest BCUT2D eigenvalue weighted by atomic mass is 16.5. The average molecular weight is 389 g/mol. The van der Waals surface area contributed by atoms with Crippen LogP contribution in [0, 0.1) is 0 Å². The third-order valence-corrected chi connectivity index (χ3v) is 5.34. The van der Waals surface area contributed by atoms with Crippen molar-refractivity contribution in [3.05, 3.63) is 60.2 Å². The van der Waals surface area contributed by atoms with Crippen molar-refractivity contribution >= 4 is 16.8 Å².